The van der Waals surface area contributed by atoms with Gasteiger partial charge >= 0.3 is 0 Å². The van der Waals surface area contributed by atoms with Crippen molar-refractivity contribution in [3.05, 3.63) is 6.92 Å². The van der Waals surface area contributed by atoms with E-state index in [0.717, 1.165) is 6.42 Å². The monoisotopic (exact) mass is 170 g/mol. The Bertz CT molecular complexity index is 165. The Morgan fingerprint density at radius 2 is 2.33 bits per heavy atom. The van der Waals surface area contributed by atoms with Crippen molar-refractivity contribution in [3.8, 4) is 0 Å². The molecular weight excluding hydrogens is 156 g/mol. The molecule has 0 bridgehead atoms. The fourth-order valence-electron chi connectivity index (χ4n) is 1.47. The molecule has 2 unspecified atom stereocenters. The maximum Gasteiger partial charge on any atom is 0.216 e. The molecule has 0 aromatic carbocycles. The second-order valence-electron chi connectivity index (χ2n) is 3.44. The van der Waals surface area contributed by atoms with E-state index in [-0.39, 0.29) is 12.0 Å². The molecule has 3 nitrogen and oxygen atoms in total. The predicted octanol–water partition coefficient (Wildman–Crippen LogP) is 0.866. The third kappa shape index (κ3) is 1.26. The van der Waals surface area contributed by atoms with Gasteiger partial charge in [0.15, 0.2) is 0 Å². The van der Waals surface area contributed by atoms with Crippen molar-refractivity contribution in [1.82, 2.24) is 0 Å². The molecule has 12 heavy (non-hydrogen) atoms. The van der Waals surface area contributed by atoms with Gasteiger partial charge < -0.3 is 14.2 Å². The molecular formula is C9H14O3. The van der Waals surface area contributed by atoms with Gasteiger partial charge in [-0.1, -0.05) is 13.3 Å². The van der Waals surface area contributed by atoms with Crippen LogP contribution >= 0.6 is 0 Å². The Morgan fingerprint density at radius 3 is 2.75 bits per heavy atom. The highest BCUT2D eigenvalue weighted by Gasteiger charge is 2.49. The lowest BCUT2D eigenvalue weighted by atomic mass is 10.0. The standard InChI is InChI=1S/C9H14O3/c1-3-7(2)8-4-11-9(12-8)5-10-6-9/h2,7-8H,3-6H2,1H3. The van der Waals surface area contributed by atoms with Gasteiger partial charge in [0.25, 0.3) is 0 Å². The first-order valence-electron chi connectivity index (χ1n) is 4.41. The molecule has 0 aromatic heterocycles. The first-order chi connectivity index (χ1) is 5.76. The smallest absolute Gasteiger partial charge is 0.216 e. The average molecular weight is 170 g/mol. The Labute approximate surface area is 73.0 Å². The van der Waals surface area contributed by atoms with Crippen LogP contribution in [0.25, 0.3) is 0 Å². The van der Waals surface area contributed by atoms with E-state index in [4.69, 9.17) is 21.1 Å². The van der Waals surface area contributed by atoms with E-state index in [1.807, 2.05) is 0 Å². The van der Waals surface area contributed by atoms with Crippen LogP contribution < -0.4 is 0 Å². The molecule has 0 aromatic rings. The average Bonchev–Trinajstić information content (AvgIpc) is 2.46. The van der Waals surface area contributed by atoms with Crippen LogP contribution in [0, 0.1) is 12.8 Å². The minimum atomic E-state index is -0.433. The Kier molecular flexibility index (Phi) is 2.10. The van der Waals surface area contributed by atoms with Crippen LogP contribution in [-0.4, -0.2) is 31.7 Å². The van der Waals surface area contributed by atoms with Crippen LogP contribution in [0.2, 0.25) is 0 Å². The summed E-state index contributed by atoms with van der Waals surface area (Å²) in [5.74, 6) is -0.345. The van der Waals surface area contributed by atoms with Crippen LogP contribution in [0.15, 0.2) is 0 Å². The number of rotatable bonds is 2. The second-order valence-corrected chi connectivity index (χ2v) is 3.44. The first-order valence-corrected chi connectivity index (χ1v) is 4.41. The molecule has 0 N–H and O–H groups in total. The van der Waals surface area contributed by atoms with Crippen LogP contribution in [0.3, 0.4) is 0 Å². The van der Waals surface area contributed by atoms with Gasteiger partial charge in [0.05, 0.1) is 12.7 Å². The predicted molar refractivity (Wildman–Crippen MR) is 42.5 cm³/mol. The summed E-state index contributed by atoms with van der Waals surface area (Å²) in [5, 5.41) is 0. The van der Waals surface area contributed by atoms with Crippen molar-refractivity contribution >= 4 is 0 Å². The summed E-state index contributed by atoms with van der Waals surface area (Å²) in [6.45, 7) is 9.60. The summed E-state index contributed by atoms with van der Waals surface area (Å²) in [7, 11) is 0. The molecule has 2 aliphatic rings. The maximum atomic E-state index is 5.83. The molecule has 2 aliphatic heterocycles. The van der Waals surface area contributed by atoms with Crippen molar-refractivity contribution in [2.75, 3.05) is 19.8 Å². The molecule has 0 amide bonds. The summed E-state index contributed by atoms with van der Waals surface area (Å²) in [4.78, 5) is 0. The van der Waals surface area contributed by atoms with Gasteiger partial charge in [0.2, 0.25) is 5.79 Å². The minimum Gasteiger partial charge on any atom is -0.370 e. The van der Waals surface area contributed by atoms with E-state index < -0.39 is 5.79 Å². The summed E-state index contributed by atoms with van der Waals surface area (Å²) in [6, 6.07) is 0. The first kappa shape index (κ1) is 8.48. The minimum absolute atomic E-state index is 0.0545. The van der Waals surface area contributed by atoms with E-state index in [9.17, 15) is 0 Å². The Hall–Kier alpha value is -0.120. The Morgan fingerprint density at radius 1 is 1.58 bits per heavy atom. The van der Waals surface area contributed by atoms with Crippen molar-refractivity contribution in [2.45, 2.75) is 25.2 Å². The van der Waals surface area contributed by atoms with Gasteiger partial charge in [0.1, 0.15) is 13.2 Å². The van der Waals surface area contributed by atoms with Crippen LogP contribution in [-0.2, 0) is 14.2 Å². The zero-order chi connectivity index (χ0) is 8.60. The topological polar surface area (TPSA) is 27.7 Å². The third-order valence-corrected chi connectivity index (χ3v) is 2.47. The molecule has 0 saturated carbocycles. The maximum absolute atomic E-state index is 5.83. The molecule has 0 aliphatic carbocycles. The number of hydrogen-bond donors (Lipinski definition) is 0. The SMILES string of the molecule is [CH]C(CC)C1COC2(COC2)O1. The van der Waals surface area contributed by atoms with E-state index in [1.54, 1.807) is 0 Å². The highest BCUT2D eigenvalue weighted by molar-refractivity contribution is 4.87. The van der Waals surface area contributed by atoms with Crippen LogP contribution in [0.4, 0.5) is 0 Å². The van der Waals surface area contributed by atoms with Gasteiger partial charge in [-0.2, -0.15) is 0 Å². The van der Waals surface area contributed by atoms with Crippen molar-refractivity contribution in [3.63, 3.8) is 0 Å². The van der Waals surface area contributed by atoms with Gasteiger partial charge in [-0.05, 0) is 12.8 Å². The molecule has 2 radical (unpaired) electrons. The molecule has 2 rings (SSSR count). The lowest BCUT2D eigenvalue weighted by Gasteiger charge is -2.36. The van der Waals surface area contributed by atoms with E-state index in [0.29, 0.717) is 19.8 Å². The molecule has 2 fully saturated rings. The zero-order valence-corrected chi connectivity index (χ0v) is 7.29. The quantitative estimate of drug-likeness (QED) is 0.615. The summed E-state index contributed by atoms with van der Waals surface area (Å²) < 4.78 is 16.2. The largest absolute Gasteiger partial charge is 0.370 e. The van der Waals surface area contributed by atoms with Crippen molar-refractivity contribution < 1.29 is 14.2 Å². The third-order valence-electron chi connectivity index (χ3n) is 2.47. The van der Waals surface area contributed by atoms with Crippen LogP contribution in [0.5, 0.6) is 0 Å². The number of hydrogen-bond acceptors (Lipinski definition) is 3. The van der Waals surface area contributed by atoms with E-state index in [2.05, 4.69) is 6.92 Å². The summed E-state index contributed by atoms with van der Waals surface area (Å²) in [5.41, 5.74) is 0. The molecule has 2 saturated heterocycles. The molecule has 1 spiro atoms. The highest BCUT2D eigenvalue weighted by Crippen LogP contribution is 2.33. The van der Waals surface area contributed by atoms with Crippen molar-refractivity contribution in [1.29, 1.82) is 0 Å². The summed E-state index contributed by atoms with van der Waals surface area (Å²) in [6.07, 6.45) is 0.976. The molecule has 2 atom stereocenters. The van der Waals surface area contributed by atoms with Gasteiger partial charge in [0, 0.05) is 0 Å². The normalized spacial score (nSPS) is 35.0. The fourth-order valence-corrected chi connectivity index (χ4v) is 1.47. The lowest BCUT2D eigenvalue weighted by Crippen LogP contribution is -2.51. The fraction of sp³-hybridized carbons (Fsp3) is 0.889. The Balaban J connectivity index is 1.89. The van der Waals surface area contributed by atoms with Crippen molar-refractivity contribution in [2.24, 2.45) is 5.92 Å². The molecule has 2 heterocycles. The lowest BCUT2D eigenvalue weighted by molar-refractivity contribution is -0.299. The zero-order valence-electron chi connectivity index (χ0n) is 7.29. The van der Waals surface area contributed by atoms with Crippen LogP contribution in [0.1, 0.15) is 13.3 Å². The van der Waals surface area contributed by atoms with Gasteiger partial charge in [-0.25, -0.2) is 0 Å². The summed E-state index contributed by atoms with van der Waals surface area (Å²) >= 11 is 0. The highest BCUT2D eigenvalue weighted by atomic mass is 16.8. The van der Waals surface area contributed by atoms with Gasteiger partial charge in [-0.3, -0.25) is 0 Å². The molecule has 68 valence electrons. The number of ether oxygens (including phenoxy) is 3. The van der Waals surface area contributed by atoms with Gasteiger partial charge in [-0.15, -0.1) is 0 Å². The second kappa shape index (κ2) is 2.98. The molecule has 3 heteroatoms. The van der Waals surface area contributed by atoms with E-state index in [1.165, 1.54) is 0 Å². The van der Waals surface area contributed by atoms with E-state index >= 15 is 0 Å².